The van der Waals surface area contributed by atoms with E-state index in [9.17, 15) is 0 Å². The second kappa shape index (κ2) is 16.5. The molecule has 0 unspecified atom stereocenters. The summed E-state index contributed by atoms with van der Waals surface area (Å²) in [6.45, 7) is 0. The van der Waals surface area contributed by atoms with Crippen molar-refractivity contribution < 1.29 is 0 Å². The highest BCUT2D eigenvalue weighted by atomic mass is 15.2. The summed E-state index contributed by atoms with van der Waals surface area (Å²) in [7, 11) is 0. The van der Waals surface area contributed by atoms with Gasteiger partial charge in [-0.2, -0.15) is 0 Å². The van der Waals surface area contributed by atoms with E-state index in [4.69, 9.17) is 24.9 Å². The van der Waals surface area contributed by atoms with Crippen LogP contribution in [0.3, 0.4) is 0 Å². The Kier molecular flexibility index (Phi) is 9.35. The zero-order valence-corrected chi connectivity index (χ0v) is 38.2. The minimum absolute atomic E-state index is 0.517. The minimum Gasteiger partial charge on any atom is -0.309 e. The lowest BCUT2D eigenvalue weighted by Gasteiger charge is -2.13. The molecule has 8 heteroatoms. The lowest BCUT2D eigenvalue weighted by molar-refractivity contribution is 0.962. The topological polar surface area (TPSA) is 79.2 Å². The Hall–Kier alpha value is -9.79. The number of rotatable bonds is 8. The van der Waals surface area contributed by atoms with E-state index >= 15 is 0 Å². The molecule has 14 aromatic rings. The summed E-state index contributed by atoms with van der Waals surface area (Å²) in [6.07, 6.45) is 0. The first-order valence-electron chi connectivity index (χ1n) is 23.8. The van der Waals surface area contributed by atoms with E-state index in [1.807, 2.05) is 72.8 Å². The zero-order chi connectivity index (χ0) is 46.8. The van der Waals surface area contributed by atoms with Crippen molar-refractivity contribution in [2.45, 2.75) is 0 Å². The number of hydrogen-bond donors (Lipinski definition) is 0. The fourth-order valence-corrected chi connectivity index (χ4v) is 10.2. The van der Waals surface area contributed by atoms with Crippen LogP contribution in [0.4, 0.5) is 0 Å². The molecule has 5 aromatic heterocycles. The number of fused-ring (bicyclic) bond motifs is 7. The summed E-state index contributed by atoms with van der Waals surface area (Å²) < 4.78 is 6.65. The van der Waals surface area contributed by atoms with E-state index in [0.717, 1.165) is 106 Å². The molecule has 0 spiro atoms. The molecule has 0 bridgehead atoms. The Morgan fingerprint density at radius 3 is 1.07 bits per heavy atom. The van der Waals surface area contributed by atoms with Crippen molar-refractivity contribution in [2.75, 3.05) is 0 Å². The van der Waals surface area contributed by atoms with Gasteiger partial charge in [0.15, 0.2) is 0 Å². The Bertz CT molecular complexity index is 4140. The summed E-state index contributed by atoms with van der Waals surface area (Å²) in [5.74, 6) is 1.81. The lowest BCUT2D eigenvalue weighted by atomic mass is 10.1. The van der Waals surface area contributed by atoms with E-state index in [1.165, 1.54) is 10.8 Å². The fourth-order valence-electron chi connectivity index (χ4n) is 10.2. The van der Waals surface area contributed by atoms with Gasteiger partial charge in [0.1, 0.15) is 5.82 Å². The van der Waals surface area contributed by atoms with Crippen LogP contribution in [0.25, 0.3) is 129 Å². The maximum atomic E-state index is 5.56. The monoisotopic (exact) mass is 908 g/mol. The summed E-state index contributed by atoms with van der Waals surface area (Å²) in [4.78, 5) is 27.0. The molecule has 0 amide bonds. The van der Waals surface area contributed by atoms with Gasteiger partial charge in [0.25, 0.3) is 0 Å². The third-order valence-electron chi connectivity index (χ3n) is 13.5. The van der Waals surface area contributed by atoms with Crippen molar-refractivity contribution in [1.82, 2.24) is 38.6 Å². The van der Waals surface area contributed by atoms with Crippen LogP contribution in [-0.2, 0) is 0 Å². The van der Waals surface area contributed by atoms with E-state index in [1.54, 1.807) is 0 Å². The molecular weight excluding hydrogens is 869 g/mol. The van der Waals surface area contributed by atoms with Crippen LogP contribution in [0.5, 0.6) is 0 Å². The van der Waals surface area contributed by atoms with Gasteiger partial charge in [-0.3, -0.25) is 9.13 Å². The van der Waals surface area contributed by atoms with Crippen molar-refractivity contribution >= 4 is 54.6 Å². The first-order valence-corrected chi connectivity index (χ1v) is 23.8. The third kappa shape index (κ3) is 6.80. The van der Waals surface area contributed by atoms with Crippen LogP contribution in [-0.4, -0.2) is 38.6 Å². The SMILES string of the molecule is c1ccc(-c2cc(-c3ccccc3)nc(-n3c(-c4ccc(-n5c6ccccc6c6ccccc65)cc4)nc4cc5c(cc43)c3ccccc3n5-c3nc(-c4ccccc4)cc(-c4ccccc4)n3)n2)cc1. The van der Waals surface area contributed by atoms with Gasteiger partial charge in [0.05, 0.1) is 55.9 Å². The molecule has 5 heterocycles. The Balaban J connectivity index is 1.03. The van der Waals surface area contributed by atoms with E-state index in [2.05, 4.69) is 184 Å². The molecule has 0 aliphatic rings. The quantitative estimate of drug-likeness (QED) is 0.152. The molecule has 0 saturated heterocycles. The van der Waals surface area contributed by atoms with Gasteiger partial charge < -0.3 is 4.57 Å². The van der Waals surface area contributed by atoms with Crippen LogP contribution in [0, 0.1) is 0 Å². The number of imidazole rings is 1. The van der Waals surface area contributed by atoms with E-state index in [-0.39, 0.29) is 0 Å². The predicted molar refractivity (Wildman–Crippen MR) is 288 cm³/mol. The fraction of sp³-hybridized carbons (Fsp3) is 0. The highest BCUT2D eigenvalue weighted by Crippen LogP contribution is 2.39. The summed E-state index contributed by atoms with van der Waals surface area (Å²) in [5.41, 5.74) is 15.2. The maximum absolute atomic E-state index is 5.56. The van der Waals surface area contributed by atoms with Gasteiger partial charge in [0.2, 0.25) is 11.9 Å². The highest BCUT2D eigenvalue weighted by Gasteiger charge is 2.24. The van der Waals surface area contributed by atoms with Crippen molar-refractivity contribution in [3.63, 3.8) is 0 Å². The van der Waals surface area contributed by atoms with Crippen LogP contribution < -0.4 is 0 Å². The second-order valence-electron chi connectivity index (χ2n) is 17.7. The summed E-state index contributed by atoms with van der Waals surface area (Å²) >= 11 is 0. The molecule has 14 rings (SSSR count). The molecule has 9 aromatic carbocycles. The van der Waals surface area contributed by atoms with Crippen molar-refractivity contribution in [3.05, 3.63) is 243 Å². The normalized spacial score (nSPS) is 11.7. The molecule has 0 saturated carbocycles. The average Bonchev–Trinajstić information content (AvgIpc) is 4.11. The van der Waals surface area contributed by atoms with Gasteiger partial charge in [-0.05, 0) is 66.7 Å². The molecule has 0 radical (unpaired) electrons. The largest absolute Gasteiger partial charge is 0.309 e. The molecule has 71 heavy (non-hydrogen) atoms. The molecule has 0 aliphatic heterocycles. The summed E-state index contributed by atoms with van der Waals surface area (Å²) in [6, 6.07) is 84.2. The molecule has 0 aliphatic carbocycles. The number of hydrogen-bond acceptors (Lipinski definition) is 5. The third-order valence-corrected chi connectivity index (χ3v) is 13.5. The van der Waals surface area contributed by atoms with Crippen molar-refractivity contribution in [2.24, 2.45) is 0 Å². The number of benzene rings is 9. The van der Waals surface area contributed by atoms with Crippen molar-refractivity contribution in [3.8, 4) is 74.0 Å². The average molecular weight is 909 g/mol. The highest BCUT2D eigenvalue weighted by molar-refractivity contribution is 6.13. The van der Waals surface area contributed by atoms with E-state index < -0.39 is 0 Å². The Morgan fingerprint density at radius 2 is 0.620 bits per heavy atom. The number of para-hydroxylation sites is 3. The Morgan fingerprint density at radius 1 is 0.239 bits per heavy atom. The Labute approximate surface area is 408 Å². The molecule has 332 valence electrons. The summed E-state index contributed by atoms with van der Waals surface area (Å²) in [5, 5.41) is 4.53. The predicted octanol–water partition coefficient (Wildman–Crippen LogP) is 15.1. The van der Waals surface area contributed by atoms with Gasteiger partial charge in [-0.25, -0.2) is 24.9 Å². The maximum Gasteiger partial charge on any atom is 0.237 e. The van der Waals surface area contributed by atoms with Gasteiger partial charge >= 0.3 is 0 Å². The van der Waals surface area contributed by atoms with Crippen LogP contribution in [0.1, 0.15) is 0 Å². The molecule has 8 nitrogen and oxygen atoms in total. The van der Waals surface area contributed by atoms with Gasteiger partial charge in [-0.15, -0.1) is 0 Å². The lowest BCUT2D eigenvalue weighted by Crippen LogP contribution is -2.06. The van der Waals surface area contributed by atoms with Crippen molar-refractivity contribution in [1.29, 1.82) is 0 Å². The second-order valence-corrected chi connectivity index (χ2v) is 17.7. The molecular formula is C63H40N8. The van der Waals surface area contributed by atoms with Gasteiger partial charge in [0, 0.05) is 55.0 Å². The first kappa shape index (κ1) is 40.3. The van der Waals surface area contributed by atoms with Crippen LogP contribution >= 0.6 is 0 Å². The van der Waals surface area contributed by atoms with E-state index in [0.29, 0.717) is 11.9 Å². The number of nitrogens with zero attached hydrogens (tertiary/aromatic N) is 8. The smallest absolute Gasteiger partial charge is 0.237 e. The zero-order valence-electron chi connectivity index (χ0n) is 38.2. The van der Waals surface area contributed by atoms with Crippen LogP contribution in [0.2, 0.25) is 0 Å². The minimum atomic E-state index is 0.517. The molecule has 0 atom stereocenters. The first-order chi connectivity index (χ1) is 35.2. The molecule has 0 N–H and O–H groups in total. The number of aromatic nitrogens is 8. The molecule has 0 fully saturated rings. The van der Waals surface area contributed by atoms with Gasteiger partial charge in [-0.1, -0.05) is 176 Å². The standard InChI is InChI=1S/C63H40N8/c1-5-19-41(20-6-1)51-38-52(42-21-7-2-8-22-42)66-62(65-51)70-58-32-18-15-29-49(58)50-37-60-55(40-59(50)70)64-61(45-33-35-46(36-34-45)69-56-30-16-13-27-47(56)48-28-14-17-31-57(48)69)71(60)63-67-53(43-23-9-3-10-24-43)39-54(68-63)44-25-11-4-12-26-44/h1-40H. The van der Waals surface area contributed by atoms with Crippen LogP contribution in [0.15, 0.2) is 243 Å².